The smallest absolute Gasteiger partial charge is 0.317 e. The van der Waals surface area contributed by atoms with Gasteiger partial charge in [-0.25, -0.2) is 0 Å². The lowest BCUT2D eigenvalue weighted by Crippen LogP contribution is -2.70. The van der Waals surface area contributed by atoms with Gasteiger partial charge < -0.3 is 29.2 Å². The fraction of sp³-hybridized carbons (Fsp3) is 0.304. The molecule has 3 aliphatic rings. The van der Waals surface area contributed by atoms with Crippen molar-refractivity contribution in [3.05, 3.63) is 66.2 Å². The summed E-state index contributed by atoms with van der Waals surface area (Å²) in [6.45, 7) is 6.28. The van der Waals surface area contributed by atoms with Gasteiger partial charge in [0.2, 0.25) is 6.79 Å². The summed E-state index contributed by atoms with van der Waals surface area (Å²) in [4.78, 5) is 15.0. The highest BCUT2D eigenvalue weighted by atomic mass is 32.1. The summed E-state index contributed by atoms with van der Waals surface area (Å²) >= 11 is 5.72. The molecule has 0 radical (unpaired) electrons. The molecule has 1 fully saturated rings. The predicted molar refractivity (Wildman–Crippen MR) is 117 cm³/mol. The molecule has 7 nitrogen and oxygen atoms in total. The minimum absolute atomic E-state index is 0.131. The van der Waals surface area contributed by atoms with Crippen molar-refractivity contribution in [2.75, 3.05) is 13.4 Å². The third-order valence-corrected chi connectivity index (χ3v) is 6.25. The zero-order valence-electron chi connectivity index (χ0n) is 17.0. The fourth-order valence-corrected chi connectivity index (χ4v) is 4.81. The maximum Gasteiger partial charge on any atom is 0.317 e. The van der Waals surface area contributed by atoms with E-state index in [2.05, 4.69) is 11.9 Å². The Morgan fingerprint density at radius 3 is 2.94 bits per heavy atom. The van der Waals surface area contributed by atoms with Gasteiger partial charge in [0.15, 0.2) is 22.3 Å². The standard InChI is InChI=1S/C23H22N2O5S/c1-3-10-27-21(26)19-20-15-6-4-5-7-16(15)30-23(19,2)25(22(31)24-20)12-14-8-9-17-18(11-14)29-13-28-17/h3-9,11,19-20H,1,10,12-13H2,2H3,(H,24,31)/t19-,20+,23+/m1/s1. The van der Waals surface area contributed by atoms with Crippen LogP contribution in [0.2, 0.25) is 0 Å². The molecule has 2 bridgehead atoms. The van der Waals surface area contributed by atoms with Crippen molar-refractivity contribution in [2.45, 2.75) is 25.2 Å². The number of carbonyl (C=O) groups is 1. The number of rotatable bonds is 5. The summed E-state index contributed by atoms with van der Waals surface area (Å²) in [5, 5.41) is 3.86. The van der Waals surface area contributed by atoms with Crippen LogP contribution in [0.5, 0.6) is 17.2 Å². The van der Waals surface area contributed by atoms with Crippen LogP contribution in [0, 0.1) is 5.92 Å². The Bertz CT molecular complexity index is 1070. The fourth-order valence-electron chi connectivity index (χ4n) is 4.44. The molecule has 1 N–H and O–H groups in total. The number of fused-ring (bicyclic) bond motifs is 5. The van der Waals surface area contributed by atoms with E-state index in [0.717, 1.165) is 11.1 Å². The van der Waals surface area contributed by atoms with Crippen molar-refractivity contribution in [3.8, 4) is 17.2 Å². The summed E-state index contributed by atoms with van der Waals surface area (Å²) in [6, 6.07) is 13.1. The van der Waals surface area contributed by atoms with Crippen molar-refractivity contribution in [2.24, 2.45) is 5.92 Å². The van der Waals surface area contributed by atoms with Gasteiger partial charge >= 0.3 is 5.97 Å². The van der Waals surface area contributed by atoms with Crippen LogP contribution in [0.4, 0.5) is 0 Å². The van der Waals surface area contributed by atoms with Crippen LogP contribution in [0.15, 0.2) is 55.1 Å². The van der Waals surface area contributed by atoms with E-state index in [1.165, 1.54) is 0 Å². The Morgan fingerprint density at radius 1 is 1.29 bits per heavy atom. The molecule has 0 spiro atoms. The maximum absolute atomic E-state index is 13.1. The Kier molecular flexibility index (Phi) is 4.74. The highest BCUT2D eigenvalue weighted by Gasteiger charge is 2.59. The zero-order valence-corrected chi connectivity index (χ0v) is 17.8. The highest BCUT2D eigenvalue weighted by molar-refractivity contribution is 7.80. The summed E-state index contributed by atoms with van der Waals surface area (Å²) < 4.78 is 22.8. The topological polar surface area (TPSA) is 69.3 Å². The third kappa shape index (κ3) is 3.18. The summed E-state index contributed by atoms with van der Waals surface area (Å²) in [7, 11) is 0. The molecule has 0 amide bonds. The van der Waals surface area contributed by atoms with Gasteiger partial charge in [0.05, 0.1) is 6.04 Å². The maximum atomic E-state index is 13.1. The first-order valence-corrected chi connectivity index (χ1v) is 10.4. The number of hydrogen-bond acceptors (Lipinski definition) is 6. The average molecular weight is 439 g/mol. The molecular weight excluding hydrogens is 416 g/mol. The van der Waals surface area contributed by atoms with Crippen molar-refractivity contribution >= 4 is 23.3 Å². The second kappa shape index (κ2) is 7.46. The van der Waals surface area contributed by atoms with Gasteiger partial charge in [0.1, 0.15) is 18.3 Å². The summed E-state index contributed by atoms with van der Waals surface area (Å²) in [5.74, 6) is 1.11. The summed E-state index contributed by atoms with van der Waals surface area (Å²) in [6.07, 6.45) is 1.55. The van der Waals surface area contributed by atoms with Crippen LogP contribution in [-0.4, -0.2) is 35.1 Å². The Labute approximate surface area is 185 Å². The molecular formula is C23H22N2O5S. The largest absolute Gasteiger partial charge is 0.467 e. The number of carbonyl (C=O) groups excluding carboxylic acids is 1. The number of hydrogen-bond donors (Lipinski definition) is 1. The number of esters is 1. The lowest BCUT2D eigenvalue weighted by Gasteiger charge is -2.55. The SMILES string of the molecule is C=CCOC(=O)[C@H]1[C@H]2NC(=S)N(Cc3ccc4c(c3)OCO4)[C@@]1(C)Oc1ccccc12. The van der Waals surface area contributed by atoms with Gasteiger partial charge in [0.25, 0.3) is 0 Å². The van der Waals surface area contributed by atoms with Crippen LogP contribution >= 0.6 is 12.2 Å². The second-order valence-corrected chi connectivity index (χ2v) is 8.18. The quantitative estimate of drug-likeness (QED) is 0.433. The lowest BCUT2D eigenvalue weighted by molar-refractivity contribution is -0.175. The highest BCUT2D eigenvalue weighted by Crippen LogP contribution is 2.49. The van der Waals surface area contributed by atoms with E-state index < -0.39 is 11.6 Å². The van der Waals surface area contributed by atoms with Gasteiger partial charge in [-0.05, 0) is 42.9 Å². The molecule has 1 saturated heterocycles. The number of para-hydroxylation sites is 1. The first kappa shape index (κ1) is 19.7. The molecule has 2 aromatic carbocycles. The monoisotopic (exact) mass is 438 g/mol. The summed E-state index contributed by atoms with van der Waals surface area (Å²) in [5.41, 5.74) is 0.787. The Hall–Kier alpha value is -3.26. The Morgan fingerprint density at radius 2 is 2.10 bits per heavy atom. The number of ether oxygens (including phenoxy) is 4. The molecule has 3 heterocycles. The Balaban J connectivity index is 1.54. The number of benzene rings is 2. The molecule has 3 aliphatic heterocycles. The van der Waals surface area contributed by atoms with Gasteiger partial charge in [-0.2, -0.15) is 0 Å². The van der Waals surface area contributed by atoms with Crippen LogP contribution in [-0.2, 0) is 16.1 Å². The second-order valence-electron chi connectivity index (χ2n) is 7.79. The van der Waals surface area contributed by atoms with E-state index in [1.54, 1.807) is 6.08 Å². The van der Waals surface area contributed by atoms with E-state index in [-0.39, 0.29) is 25.4 Å². The molecule has 0 aromatic heterocycles. The van der Waals surface area contributed by atoms with Crippen LogP contribution in [0.1, 0.15) is 24.1 Å². The molecule has 3 atom stereocenters. The zero-order chi connectivity index (χ0) is 21.6. The molecule has 160 valence electrons. The van der Waals surface area contributed by atoms with Crippen molar-refractivity contribution in [3.63, 3.8) is 0 Å². The first-order valence-electron chi connectivity index (χ1n) is 10.0. The van der Waals surface area contributed by atoms with Crippen LogP contribution in [0.25, 0.3) is 0 Å². The lowest BCUT2D eigenvalue weighted by atomic mass is 9.79. The van der Waals surface area contributed by atoms with Gasteiger partial charge in [0, 0.05) is 12.1 Å². The average Bonchev–Trinajstić information content (AvgIpc) is 3.22. The van der Waals surface area contributed by atoms with E-state index in [4.69, 9.17) is 31.2 Å². The normalized spacial score (nSPS) is 25.2. The predicted octanol–water partition coefficient (Wildman–Crippen LogP) is 3.30. The van der Waals surface area contributed by atoms with Crippen molar-refractivity contribution < 1.29 is 23.7 Å². The van der Waals surface area contributed by atoms with Crippen LogP contribution < -0.4 is 19.5 Å². The number of thiocarbonyl (C=S) groups is 1. The molecule has 5 rings (SSSR count). The molecule has 2 aromatic rings. The van der Waals surface area contributed by atoms with Gasteiger partial charge in [-0.15, -0.1) is 0 Å². The van der Waals surface area contributed by atoms with E-state index >= 15 is 0 Å². The van der Waals surface area contributed by atoms with Crippen LogP contribution in [0.3, 0.4) is 0 Å². The minimum Gasteiger partial charge on any atom is -0.467 e. The molecule has 0 saturated carbocycles. The minimum atomic E-state index is -1.05. The third-order valence-electron chi connectivity index (χ3n) is 5.92. The van der Waals surface area contributed by atoms with Crippen molar-refractivity contribution in [1.29, 1.82) is 0 Å². The number of nitrogens with one attached hydrogen (secondary N) is 1. The number of nitrogens with zero attached hydrogens (tertiary/aromatic N) is 1. The first-order chi connectivity index (χ1) is 15.0. The van der Waals surface area contributed by atoms with E-state index in [0.29, 0.717) is 28.9 Å². The van der Waals surface area contributed by atoms with E-state index in [1.807, 2.05) is 54.3 Å². The molecule has 31 heavy (non-hydrogen) atoms. The molecule has 8 heteroatoms. The molecule has 0 aliphatic carbocycles. The molecule has 0 unspecified atom stereocenters. The van der Waals surface area contributed by atoms with Gasteiger partial charge in [-0.1, -0.05) is 36.9 Å². The van der Waals surface area contributed by atoms with Gasteiger partial charge in [-0.3, -0.25) is 4.79 Å². The van der Waals surface area contributed by atoms with E-state index in [9.17, 15) is 4.79 Å². The van der Waals surface area contributed by atoms with Crippen molar-refractivity contribution in [1.82, 2.24) is 10.2 Å².